The van der Waals surface area contributed by atoms with E-state index in [0.717, 1.165) is 5.69 Å². The first-order chi connectivity index (χ1) is 13.1. The van der Waals surface area contributed by atoms with Crippen LogP contribution in [0.2, 0.25) is 0 Å². The highest BCUT2D eigenvalue weighted by atomic mass is 16.6. The summed E-state index contributed by atoms with van der Waals surface area (Å²) in [6.07, 6.45) is 1.57. The molecular formula is C20H18N2O5. The molecule has 0 saturated heterocycles. The van der Waals surface area contributed by atoms with Crippen molar-refractivity contribution < 1.29 is 23.8 Å². The first-order valence-electron chi connectivity index (χ1n) is 8.16. The van der Waals surface area contributed by atoms with Gasteiger partial charge >= 0.3 is 11.9 Å². The smallest absolute Gasteiger partial charge is 0.344 e. The Bertz CT molecular complexity index is 950. The van der Waals surface area contributed by atoms with Gasteiger partial charge in [-0.15, -0.1) is 0 Å². The zero-order valence-corrected chi connectivity index (χ0v) is 14.9. The van der Waals surface area contributed by atoms with Crippen molar-refractivity contribution in [2.24, 2.45) is 0 Å². The number of nitrogens with zero attached hydrogens (tertiary/aromatic N) is 2. The lowest BCUT2D eigenvalue weighted by Crippen LogP contribution is -2.15. The van der Waals surface area contributed by atoms with Crippen molar-refractivity contribution in [3.05, 3.63) is 66.4 Å². The first-order valence-corrected chi connectivity index (χ1v) is 8.16. The maximum atomic E-state index is 12.5. The van der Waals surface area contributed by atoms with Gasteiger partial charge in [-0.1, -0.05) is 30.3 Å². The zero-order valence-electron chi connectivity index (χ0n) is 14.9. The normalized spacial score (nSPS) is 10.3. The Hall–Kier alpha value is -3.61. The number of esters is 2. The Morgan fingerprint density at radius 1 is 1.04 bits per heavy atom. The van der Waals surface area contributed by atoms with Crippen LogP contribution in [-0.2, 0) is 14.3 Å². The number of hydrogen-bond donors (Lipinski definition) is 0. The van der Waals surface area contributed by atoms with Gasteiger partial charge in [-0.25, -0.2) is 14.3 Å². The number of carbonyl (C=O) groups excluding carboxylic acids is 2. The average Bonchev–Trinajstić information content (AvgIpc) is 3.18. The predicted molar refractivity (Wildman–Crippen MR) is 97.9 cm³/mol. The van der Waals surface area contributed by atoms with E-state index in [0.29, 0.717) is 17.0 Å². The highest BCUT2D eigenvalue weighted by Gasteiger charge is 2.21. The van der Waals surface area contributed by atoms with Gasteiger partial charge in [-0.3, -0.25) is 0 Å². The minimum Gasteiger partial charge on any atom is -0.497 e. The fourth-order valence-corrected chi connectivity index (χ4v) is 2.48. The third kappa shape index (κ3) is 4.14. The van der Waals surface area contributed by atoms with Gasteiger partial charge in [0.2, 0.25) is 0 Å². The lowest BCUT2D eigenvalue weighted by atomic mass is 10.1. The van der Waals surface area contributed by atoms with E-state index in [4.69, 9.17) is 9.47 Å². The van der Waals surface area contributed by atoms with Crippen LogP contribution in [0.25, 0.3) is 16.9 Å². The molecule has 0 atom stereocenters. The first kappa shape index (κ1) is 18.2. The van der Waals surface area contributed by atoms with Crippen LogP contribution in [0.4, 0.5) is 0 Å². The zero-order chi connectivity index (χ0) is 19.2. The Morgan fingerprint density at radius 3 is 2.52 bits per heavy atom. The van der Waals surface area contributed by atoms with Crippen molar-refractivity contribution in [1.82, 2.24) is 9.78 Å². The van der Waals surface area contributed by atoms with Crippen molar-refractivity contribution in [1.29, 1.82) is 0 Å². The summed E-state index contributed by atoms with van der Waals surface area (Å²) in [5.74, 6) is -0.669. The highest BCUT2D eigenvalue weighted by molar-refractivity contribution is 5.97. The Labute approximate surface area is 156 Å². The minimum atomic E-state index is -0.666. The molecule has 0 radical (unpaired) electrons. The molecule has 7 nitrogen and oxygen atoms in total. The van der Waals surface area contributed by atoms with Gasteiger partial charge in [0.25, 0.3) is 0 Å². The maximum absolute atomic E-state index is 12.5. The molecule has 27 heavy (non-hydrogen) atoms. The molecule has 0 saturated carbocycles. The standard InChI is InChI=1S/C20H18N2O5/c1-25-16-10-6-7-14(11-16)19-17(20(24)27-13-18(23)26-2)12-22(21-19)15-8-4-3-5-9-15/h3-12H,13H2,1-2H3. The van der Waals surface area contributed by atoms with Gasteiger partial charge in [0.05, 0.1) is 19.9 Å². The molecule has 0 N–H and O–H groups in total. The molecule has 0 aliphatic heterocycles. The second kappa shape index (κ2) is 8.18. The van der Waals surface area contributed by atoms with E-state index in [1.165, 1.54) is 7.11 Å². The lowest BCUT2D eigenvalue weighted by molar-refractivity contribution is -0.144. The van der Waals surface area contributed by atoms with Crippen LogP contribution in [0.1, 0.15) is 10.4 Å². The largest absolute Gasteiger partial charge is 0.497 e. The number of para-hydroxylation sites is 1. The lowest BCUT2D eigenvalue weighted by Gasteiger charge is -2.05. The van der Waals surface area contributed by atoms with Crippen LogP contribution in [-0.4, -0.2) is 42.5 Å². The van der Waals surface area contributed by atoms with Crippen LogP contribution in [0.5, 0.6) is 5.75 Å². The van der Waals surface area contributed by atoms with Crippen LogP contribution >= 0.6 is 0 Å². The van der Waals surface area contributed by atoms with Crippen molar-refractivity contribution >= 4 is 11.9 Å². The molecule has 0 aliphatic carbocycles. The Balaban J connectivity index is 2.02. The summed E-state index contributed by atoms with van der Waals surface area (Å²) in [7, 11) is 2.79. The second-order valence-electron chi connectivity index (χ2n) is 5.56. The van der Waals surface area contributed by atoms with Crippen molar-refractivity contribution in [3.8, 4) is 22.7 Å². The molecule has 1 heterocycles. The van der Waals surface area contributed by atoms with Crippen molar-refractivity contribution in [2.75, 3.05) is 20.8 Å². The summed E-state index contributed by atoms with van der Waals surface area (Å²) in [5.41, 5.74) is 2.13. The highest BCUT2D eigenvalue weighted by Crippen LogP contribution is 2.27. The Kier molecular flexibility index (Phi) is 5.51. The molecule has 3 rings (SSSR count). The molecule has 2 aromatic carbocycles. The van der Waals surface area contributed by atoms with Gasteiger partial charge in [-0.2, -0.15) is 5.10 Å². The molecule has 1 aromatic heterocycles. The van der Waals surface area contributed by atoms with Gasteiger partial charge in [0.15, 0.2) is 6.61 Å². The summed E-state index contributed by atoms with van der Waals surface area (Å²) in [6.45, 7) is -0.469. The summed E-state index contributed by atoms with van der Waals surface area (Å²) in [6, 6.07) is 16.6. The molecule has 0 amide bonds. The van der Waals surface area contributed by atoms with E-state index in [9.17, 15) is 9.59 Å². The SMILES string of the molecule is COC(=O)COC(=O)c1cn(-c2ccccc2)nc1-c1cccc(OC)c1. The van der Waals surface area contributed by atoms with Crippen LogP contribution < -0.4 is 4.74 Å². The van der Waals surface area contributed by atoms with E-state index in [1.807, 2.05) is 36.4 Å². The van der Waals surface area contributed by atoms with E-state index in [1.54, 1.807) is 36.2 Å². The topological polar surface area (TPSA) is 79.7 Å². The van der Waals surface area contributed by atoms with E-state index >= 15 is 0 Å². The maximum Gasteiger partial charge on any atom is 0.344 e. The van der Waals surface area contributed by atoms with Gasteiger partial charge < -0.3 is 14.2 Å². The summed E-state index contributed by atoms with van der Waals surface area (Å²) < 4.78 is 16.4. The number of ether oxygens (including phenoxy) is 3. The average molecular weight is 366 g/mol. The molecule has 7 heteroatoms. The number of aromatic nitrogens is 2. The third-order valence-corrected chi connectivity index (χ3v) is 3.85. The van der Waals surface area contributed by atoms with E-state index in [-0.39, 0.29) is 5.56 Å². The van der Waals surface area contributed by atoms with E-state index < -0.39 is 18.5 Å². The number of hydrogen-bond acceptors (Lipinski definition) is 6. The fraction of sp³-hybridized carbons (Fsp3) is 0.150. The van der Waals surface area contributed by atoms with Gasteiger partial charge in [0.1, 0.15) is 17.0 Å². The number of methoxy groups -OCH3 is 2. The monoisotopic (exact) mass is 366 g/mol. The van der Waals surface area contributed by atoms with Gasteiger partial charge in [-0.05, 0) is 24.3 Å². The summed E-state index contributed by atoms with van der Waals surface area (Å²) in [5, 5.41) is 4.54. The molecule has 138 valence electrons. The summed E-state index contributed by atoms with van der Waals surface area (Å²) >= 11 is 0. The molecule has 0 fully saturated rings. The molecule has 3 aromatic rings. The number of carbonyl (C=O) groups is 2. The molecule has 0 aliphatic rings. The fourth-order valence-electron chi connectivity index (χ4n) is 2.48. The molecule has 0 spiro atoms. The Morgan fingerprint density at radius 2 is 1.81 bits per heavy atom. The number of benzene rings is 2. The predicted octanol–water partition coefficient (Wildman–Crippen LogP) is 2.88. The van der Waals surface area contributed by atoms with Crippen molar-refractivity contribution in [3.63, 3.8) is 0 Å². The minimum absolute atomic E-state index is 0.232. The van der Waals surface area contributed by atoms with Crippen LogP contribution in [0, 0.1) is 0 Å². The van der Waals surface area contributed by atoms with Gasteiger partial charge in [0, 0.05) is 11.8 Å². The quantitative estimate of drug-likeness (QED) is 0.624. The van der Waals surface area contributed by atoms with Crippen LogP contribution in [0.15, 0.2) is 60.8 Å². The third-order valence-electron chi connectivity index (χ3n) is 3.85. The number of rotatable bonds is 6. The van der Waals surface area contributed by atoms with Crippen molar-refractivity contribution in [2.45, 2.75) is 0 Å². The second-order valence-corrected chi connectivity index (χ2v) is 5.56. The summed E-state index contributed by atoms with van der Waals surface area (Å²) in [4.78, 5) is 23.8. The van der Waals surface area contributed by atoms with Crippen LogP contribution in [0.3, 0.4) is 0 Å². The molecular weight excluding hydrogens is 348 g/mol. The molecule has 0 unspecified atom stereocenters. The molecule has 0 bridgehead atoms. The van der Waals surface area contributed by atoms with E-state index in [2.05, 4.69) is 9.84 Å².